The molecule has 0 aliphatic heterocycles. The Morgan fingerprint density at radius 1 is 1.24 bits per heavy atom. The zero-order valence-electron chi connectivity index (χ0n) is 8.71. The first kappa shape index (κ1) is 12.4. The van der Waals surface area contributed by atoms with Crippen LogP contribution in [0.1, 0.15) is 5.69 Å². The van der Waals surface area contributed by atoms with Crippen molar-refractivity contribution in [3.05, 3.63) is 33.0 Å². The maximum Gasteiger partial charge on any atom is 0.174 e. The van der Waals surface area contributed by atoms with Gasteiger partial charge in [0.15, 0.2) is 11.6 Å². The summed E-state index contributed by atoms with van der Waals surface area (Å²) in [6.07, 6.45) is 1.61. The van der Waals surface area contributed by atoms with Gasteiger partial charge in [-0.2, -0.15) is 5.10 Å². The van der Waals surface area contributed by atoms with Crippen LogP contribution in [0.15, 0.2) is 12.3 Å². The van der Waals surface area contributed by atoms with E-state index in [4.69, 9.17) is 40.6 Å². The van der Waals surface area contributed by atoms with Gasteiger partial charge in [0.25, 0.3) is 0 Å². The van der Waals surface area contributed by atoms with Crippen molar-refractivity contribution in [2.75, 3.05) is 5.43 Å². The Morgan fingerprint density at radius 2 is 1.94 bits per heavy atom. The Hall–Kier alpha value is -1.01. The van der Waals surface area contributed by atoms with Crippen LogP contribution in [0, 0.1) is 6.92 Å². The third-order valence-corrected chi connectivity index (χ3v) is 3.04. The average molecular weight is 293 g/mol. The Balaban J connectivity index is 2.58. The van der Waals surface area contributed by atoms with E-state index in [1.807, 2.05) is 0 Å². The molecule has 3 N–H and O–H groups in total. The first-order chi connectivity index (χ1) is 8.02. The predicted molar refractivity (Wildman–Crippen MR) is 68.9 cm³/mol. The van der Waals surface area contributed by atoms with Crippen LogP contribution in [-0.4, -0.2) is 14.8 Å². The number of rotatable bonds is 2. The molecule has 2 heterocycles. The lowest BCUT2D eigenvalue weighted by atomic mass is 10.4. The highest BCUT2D eigenvalue weighted by Gasteiger charge is 2.12. The van der Waals surface area contributed by atoms with Crippen molar-refractivity contribution in [3.63, 3.8) is 0 Å². The first-order valence-corrected chi connectivity index (χ1v) is 5.71. The second-order valence-corrected chi connectivity index (χ2v) is 4.50. The number of hydrogen-bond donors (Lipinski definition) is 2. The van der Waals surface area contributed by atoms with Crippen LogP contribution < -0.4 is 11.3 Å². The number of halogens is 3. The zero-order chi connectivity index (χ0) is 12.6. The molecule has 0 saturated heterocycles. The fraction of sp³-hybridized carbons (Fsp3) is 0.111. The standard InChI is InChI=1S/C9H8Cl3N5/c1-4-7(12)3-17(16-4)9-6(11)2-5(10)8(14-9)15-13/h2-3H,13H2,1H3,(H,14,15). The van der Waals surface area contributed by atoms with E-state index < -0.39 is 0 Å². The molecule has 17 heavy (non-hydrogen) atoms. The number of pyridine rings is 1. The van der Waals surface area contributed by atoms with Crippen LogP contribution in [-0.2, 0) is 0 Å². The molecule has 2 aromatic rings. The van der Waals surface area contributed by atoms with E-state index in [2.05, 4.69) is 15.5 Å². The lowest BCUT2D eigenvalue weighted by Gasteiger charge is -2.07. The summed E-state index contributed by atoms with van der Waals surface area (Å²) in [6, 6.07) is 1.53. The maximum absolute atomic E-state index is 6.04. The molecular weight excluding hydrogens is 284 g/mol. The molecule has 2 rings (SSSR count). The van der Waals surface area contributed by atoms with E-state index in [0.717, 1.165) is 0 Å². The van der Waals surface area contributed by atoms with Crippen molar-refractivity contribution in [3.8, 4) is 5.82 Å². The van der Waals surface area contributed by atoms with Crippen molar-refractivity contribution in [2.45, 2.75) is 6.92 Å². The van der Waals surface area contributed by atoms with Gasteiger partial charge in [-0.15, -0.1) is 0 Å². The van der Waals surface area contributed by atoms with Gasteiger partial charge in [0, 0.05) is 0 Å². The number of hydrazine groups is 1. The van der Waals surface area contributed by atoms with E-state index in [1.165, 1.54) is 10.7 Å². The smallest absolute Gasteiger partial charge is 0.174 e. The Morgan fingerprint density at radius 3 is 2.47 bits per heavy atom. The van der Waals surface area contributed by atoms with Gasteiger partial charge in [-0.3, -0.25) is 0 Å². The normalized spacial score (nSPS) is 10.6. The monoisotopic (exact) mass is 291 g/mol. The summed E-state index contributed by atoms with van der Waals surface area (Å²) in [5, 5.41) is 5.38. The Kier molecular flexibility index (Phi) is 3.44. The zero-order valence-corrected chi connectivity index (χ0v) is 11.0. The van der Waals surface area contributed by atoms with Crippen molar-refractivity contribution < 1.29 is 0 Å². The Bertz CT molecular complexity index is 546. The van der Waals surface area contributed by atoms with Gasteiger partial charge < -0.3 is 5.43 Å². The van der Waals surface area contributed by atoms with Crippen LogP contribution in [0.3, 0.4) is 0 Å². The number of hydrogen-bond acceptors (Lipinski definition) is 4. The number of nitrogen functional groups attached to an aromatic ring is 1. The molecule has 0 aliphatic rings. The van der Waals surface area contributed by atoms with Crippen LogP contribution in [0.25, 0.3) is 5.82 Å². The van der Waals surface area contributed by atoms with Gasteiger partial charge >= 0.3 is 0 Å². The van der Waals surface area contributed by atoms with Gasteiger partial charge in [0.2, 0.25) is 0 Å². The van der Waals surface area contributed by atoms with E-state index in [9.17, 15) is 0 Å². The Labute approximate surface area is 112 Å². The summed E-state index contributed by atoms with van der Waals surface area (Å²) in [6.45, 7) is 1.78. The first-order valence-electron chi connectivity index (χ1n) is 4.57. The number of aromatic nitrogens is 3. The summed E-state index contributed by atoms with van der Waals surface area (Å²) in [4.78, 5) is 4.16. The topological polar surface area (TPSA) is 68.8 Å². The largest absolute Gasteiger partial charge is 0.307 e. The molecule has 0 unspecified atom stereocenters. The number of anilines is 1. The third kappa shape index (κ3) is 2.32. The number of nitrogens with one attached hydrogen (secondary N) is 1. The van der Waals surface area contributed by atoms with E-state index in [0.29, 0.717) is 32.4 Å². The fourth-order valence-corrected chi connectivity index (χ4v) is 1.90. The molecule has 0 amide bonds. The van der Waals surface area contributed by atoms with Crippen molar-refractivity contribution in [1.29, 1.82) is 0 Å². The number of aryl methyl sites for hydroxylation is 1. The lowest BCUT2D eigenvalue weighted by molar-refractivity contribution is 0.833. The molecule has 90 valence electrons. The van der Waals surface area contributed by atoms with Crippen molar-refractivity contribution in [1.82, 2.24) is 14.8 Å². The van der Waals surface area contributed by atoms with Crippen LogP contribution in [0.4, 0.5) is 5.82 Å². The van der Waals surface area contributed by atoms with E-state index in [-0.39, 0.29) is 0 Å². The van der Waals surface area contributed by atoms with Gasteiger partial charge in [0.1, 0.15) is 0 Å². The fourth-order valence-electron chi connectivity index (χ4n) is 1.27. The highest BCUT2D eigenvalue weighted by Crippen LogP contribution is 2.28. The second-order valence-electron chi connectivity index (χ2n) is 3.28. The number of nitrogens with two attached hydrogens (primary N) is 1. The SMILES string of the molecule is Cc1nn(-c2nc(NN)c(Cl)cc2Cl)cc1Cl. The molecule has 8 heteroatoms. The minimum atomic E-state index is 0.315. The summed E-state index contributed by atoms with van der Waals surface area (Å²) in [5.41, 5.74) is 3.06. The number of nitrogens with zero attached hydrogens (tertiary/aromatic N) is 3. The summed E-state index contributed by atoms with van der Waals surface area (Å²) >= 11 is 17.8. The highest BCUT2D eigenvalue weighted by molar-refractivity contribution is 6.36. The van der Waals surface area contributed by atoms with E-state index >= 15 is 0 Å². The summed E-state index contributed by atoms with van der Waals surface area (Å²) < 4.78 is 1.47. The predicted octanol–water partition coefficient (Wildman–Crippen LogP) is 2.82. The molecule has 0 atom stereocenters. The summed E-state index contributed by atoms with van der Waals surface area (Å²) in [7, 11) is 0. The molecule has 0 spiro atoms. The molecule has 0 fully saturated rings. The quantitative estimate of drug-likeness (QED) is 0.659. The molecule has 0 bridgehead atoms. The molecule has 0 radical (unpaired) electrons. The lowest BCUT2D eigenvalue weighted by Crippen LogP contribution is -2.11. The molecule has 0 aromatic carbocycles. The minimum Gasteiger partial charge on any atom is -0.307 e. The van der Waals surface area contributed by atoms with Gasteiger partial charge in [-0.25, -0.2) is 15.5 Å². The van der Waals surface area contributed by atoms with Gasteiger partial charge in [0.05, 0.1) is 27.0 Å². The highest BCUT2D eigenvalue weighted by atomic mass is 35.5. The second kappa shape index (κ2) is 4.70. The van der Waals surface area contributed by atoms with Crippen molar-refractivity contribution in [2.24, 2.45) is 5.84 Å². The van der Waals surface area contributed by atoms with Gasteiger partial charge in [-0.05, 0) is 13.0 Å². The summed E-state index contributed by atoms with van der Waals surface area (Å²) in [5.74, 6) is 6.00. The molecular formula is C9H8Cl3N5. The van der Waals surface area contributed by atoms with E-state index in [1.54, 1.807) is 13.1 Å². The molecule has 0 saturated carbocycles. The van der Waals surface area contributed by atoms with Crippen molar-refractivity contribution >= 4 is 40.6 Å². The maximum atomic E-state index is 6.04. The van der Waals surface area contributed by atoms with Crippen LogP contribution >= 0.6 is 34.8 Å². The van der Waals surface area contributed by atoms with Crippen LogP contribution in [0.5, 0.6) is 0 Å². The molecule has 0 aliphatic carbocycles. The molecule has 2 aromatic heterocycles. The van der Waals surface area contributed by atoms with Crippen LogP contribution in [0.2, 0.25) is 15.1 Å². The average Bonchev–Trinajstić information content (AvgIpc) is 2.59. The molecule has 5 nitrogen and oxygen atoms in total. The van der Waals surface area contributed by atoms with Gasteiger partial charge in [-0.1, -0.05) is 34.8 Å². The minimum absolute atomic E-state index is 0.315. The third-order valence-electron chi connectivity index (χ3n) is 2.10.